The van der Waals surface area contributed by atoms with Gasteiger partial charge in [0.1, 0.15) is 11.9 Å². The van der Waals surface area contributed by atoms with Crippen LogP contribution < -0.4 is 5.56 Å². The zero-order valence-corrected chi connectivity index (χ0v) is 17.9. The number of hydrogen-bond acceptors (Lipinski definition) is 5. The van der Waals surface area contributed by atoms with Crippen molar-refractivity contribution in [2.75, 3.05) is 7.05 Å². The zero-order valence-electron chi connectivity index (χ0n) is 17.9. The van der Waals surface area contributed by atoms with Crippen LogP contribution in [0.5, 0.6) is 0 Å². The summed E-state index contributed by atoms with van der Waals surface area (Å²) in [5, 5.41) is 0.504. The molecule has 1 amide bonds. The zero-order chi connectivity index (χ0) is 22.9. The van der Waals surface area contributed by atoms with Crippen LogP contribution in [0.3, 0.4) is 0 Å². The fraction of sp³-hybridized carbons (Fsp3) is 0.154. The van der Waals surface area contributed by atoms with Crippen LogP contribution in [0.1, 0.15) is 43.8 Å². The highest BCUT2D eigenvalue weighted by molar-refractivity contribution is 5.97. The van der Waals surface area contributed by atoms with E-state index in [1.165, 1.54) is 4.90 Å². The maximum absolute atomic E-state index is 13.1. The molecule has 164 valence electrons. The van der Waals surface area contributed by atoms with E-state index in [-0.39, 0.29) is 24.1 Å². The lowest BCUT2D eigenvalue weighted by atomic mass is 9.93. The standard InChI is InChI=1S/C26H21N3O4/c1-29(15-23-27-21-10-6-5-9-20(21)24(30)28-23)25(31)17-11-12-19-18(13-17)14-22(33-26(19)32)16-7-3-2-4-8-16/h2-13,22H,14-15H2,1H3,(H,27,28,30). The van der Waals surface area contributed by atoms with E-state index < -0.39 is 5.97 Å². The third kappa shape index (κ3) is 4.01. The minimum absolute atomic E-state index is 0.144. The van der Waals surface area contributed by atoms with Gasteiger partial charge in [0.25, 0.3) is 11.5 Å². The van der Waals surface area contributed by atoms with Crippen LogP contribution in [-0.2, 0) is 17.7 Å². The van der Waals surface area contributed by atoms with E-state index in [1.54, 1.807) is 43.4 Å². The van der Waals surface area contributed by atoms with E-state index >= 15 is 0 Å². The molecule has 3 aromatic carbocycles. The molecule has 1 atom stereocenters. The van der Waals surface area contributed by atoms with Crippen molar-refractivity contribution >= 4 is 22.8 Å². The van der Waals surface area contributed by atoms with Crippen LogP contribution in [0.4, 0.5) is 0 Å². The SMILES string of the molecule is CN(Cc1nc2ccccc2c(=O)[nH]1)C(=O)c1ccc2c(c1)CC(c1ccccc1)OC2=O. The number of ether oxygens (including phenoxy) is 1. The Hall–Kier alpha value is -4.26. The van der Waals surface area contributed by atoms with Gasteiger partial charge in [-0.2, -0.15) is 0 Å². The first kappa shape index (κ1) is 20.6. The minimum atomic E-state index is -0.393. The number of para-hydroxylation sites is 1. The van der Waals surface area contributed by atoms with Crippen LogP contribution in [0, 0.1) is 0 Å². The molecule has 1 unspecified atom stereocenters. The lowest BCUT2D eigenvalue weighted by Crippen LogP contribution is -2.29. The maximum Gasteiger partial charge on any atom is 0.339 e. The summed E-state index contributed by atoms with van der Waals surface area (Å²) in [6, 6.07) is 21.6. The Balaban J connectivity index is 1.38. The molecule has 0 saturated heterocycles. The number of esters is 1. The van der Waals surface area contributed by atoms with Gasteiger partial charge in [-0.15, -0.1) is 0 Å². The first-order valence-electron chi connectivity index (χ1n) is 10.6. The molecule has 5 rings (SSSR count). The monoisotopic (exact) mass is 439 g/mol. The molecule has 1 N–H and O–H groups in total. The highest BCUT2D eigenvalue weighted by Gasteiger charge is 2.28. The lowest BCUT2D eigenvalue weighted by Gasteiger charge is -2.26. The summed E-state index contributed by atoms with van der Waals surface area (Å²) in [4.78, 5) is 46.6. The van der Waals surface area contributed by atoms with Gasteiger partial charge in [0.05, 0.1) is 23.0 Å². The van der Waals surface area contributed by atoms with Crippen molar-refractivity contribution in [3.63, 3.8) is 0 Å². The number of aromatic amines is 1. The van der Waals surface area contributed by atoms with E-state index in [0.717, 1.165) is 11.1 Å². The Morgan fingerprint density at radius 2 is 1.82 bits per heavy atom. The van der Waals surface area contributed by atoms with Gasteiger partial charge < -0.3 is 14.6 Å². The summed E-state index contributed by atoms with van der Waals surface area (Å²) in [7, 11) is 1.65. The molecular weight excluding hydrogens is 418 g/mol. The van der Waals surface area contributed by atoms with Gasteiger partial charge in [0, 0.05) is 19.0 Å². The number of hydrogen-bond donors (Lipinski definition) is 1. The molecular formula is C26H21N3O4. The second-order valence-electron chi connectivity index (χ2n) is 8.07. The Bertz CT molecular complexity index is 1430. The van der Waals surface area contributed by atoms with Crippen molar-refractivity contribution in [2.45, 2.75) is 19.1 Å². The summed E-state index contributed by atoms with van der Waals surface area (Å²) in [5.74, 6) is -0.223. The molecule has 0 saturated carbocycles. The molecule has 0 radical (unpaired) electrons. The van der Waals surface area contributed by atoms with Gasteiger partial charge in [-0.25, -0.2) is 9.78 Å². The van der Waals surface area contributed by atoms with Gasteiger partial charge in [0.2, 0.25) is 0 Å². The predicted octanol–water partition coefficient (Wildman–Crippen LogP) is 3.65. The van der Waals surface area contributed by atoms with Crippen molar-refractivity contribution in [1.29, 1.82) is 0 Å². The number of fused-ring (bicyclic) bond motifs is 2. The number of amides is 1. The van der Waals surface area contributed by atoms with Crippen LogP contribution in [0.2, 0.25) is 0 Å². The number of H-pyrrole nitrogens is 1. The van der Waals surface area contributed by atoms with Crippen molar-refractivity contribution in [2.24, 2.45) is 0 Å². The van der Waals surface area contributed by atoms with Gasteiger partial charge >= 0.3 is 5.97 Å². The number of aromatic nitrogens is 2. The Morgan fingerprint density at radius 1 is 1.06 bits per heavy atom. The predicted molar refractivity (Wildman–Crippen MR) is 123 cm³/mol. The van der Waals surface area contributed by atoms with Crippen molar-refractivity contribution in [1.82, 2.24) is 14.9 Å². The number of nitrogens with one attached hydrogen (secondary N) is 1. The van der Waals surface area contributed by atoms with Crippen molar-refractivity contribution in [3.8, 4) is 0 Å². The Morgan fingerprint density at radius 3 is 2.64 bits per heavy atom. The first-order chi connectivity index (χ1) is 16.0. The quantitative estimate of drug-likeness (QED) is 0.490. The summed E-state index contributed by atoms with van der Waals surface area (Å²) < 4.78 is 5.60. The van der Waals surface area contributed by atoms with Crippen molar-refractivity contribution < 1.29 is 14.3 Å². The van der Waals surface area contributed by atoms with Gasteiger partial charge in [-0.3, -0.25) is 9.59 Å². The smallest absolute Gasteiger partial charge is 0.339 e. The molecule has 2 heterocycles. The topological polar surface area (TPSA) is 92.4 Å². The third-order valence-electron chi connectivity index (χ3n) is 5.79. The molecule has 7 nitrogen and oxygen atoms in total. The normalized spacial score (nSPS) is 15.1. The van der Waals surface area contributed by atoms with Gasteiger partial charge in [-0.1, -0.05) is 42.5 Å². The molecule has 0 fully saturated rings. The number of nitrogens with zero attached hydrogens (tertiary/aromatic N) is 2. The van der Waals surface area contributed by atoms with Crippen LogP contribution in [-0.4, -0.2) is 33.8 Å². The second kappa shape index (κ2) is 8.35. The summed E-state index contributed by atoms with van der Waals surface area (Å²) >= 11 is 0. The number of carbonyl (C=O) groups excluding carboxylic acids is 2. The molecule has 1 aliphatic rings. The summed E-state index contributed by atoms with van der Waals surface area (Å²) in [6.45, 7) is 0.144. The molecule has 0 aliphatic carbocycles. The molecule has 1 aromatic heterocycles. The Kier molecular flexibility index (Phi) is 5.22. The highest BCUT2D eigenvalue weighted by Crippen LogP contribution is 2.31. The largest absolute Gasteiger partial charge is 0.454 e. The molecule has 33 heavy (non-hydrogen) atoms. The Labute approximate surface area is 189 Å². The van der Waals surface area contributed by atoms with E-state index in [1.807, 2.05) is 36.4 Å². The van der Waals surface area contributed by atoms with E-state index in [4.69, 9.17) is 4.74 Å². The lowest BCUT2D eigenvalue weighted by molar-refractivity contribution is 0.0252. The molecule has 0 bridgehead atoms. The maximum atomic E-state index is 13.1. The van der Waals surface area contributed by atoms with Crippen LogP contribution in [0.15, 0.2) is 77.6 Å². The van der Waals surface area contributed by atoms with Crippen molar-refractivity contribution in [3.05, 3.63) is 111 Å². The van der Waals surface area contributed by atoms with Gasteiger partial charge in [-0.05, 0) is 41.5 Å². The summed E-state index contributed by atoms with van der Waals surface area (Å²) in [5.41, 5.74) is 2.96. The fourth-order valence-electron chi connectivity index (χ4n) is 4.11. The van der Waals surface area contributed by atoms with Gasteiger partial charge in [0.15, 0.2) is 0 Å². The number of cyclic esters (lactones) is 1. The molecule has 7 heteroatoms. The number of benzene rings is 3. The fourth-order valence-corrected chi connectivity index (χ4v) is 4.11. The highest BCUT2D eigenvalue weighted by atomic mass is 16.5. The average molecular weight is 439 g/mol. The first-order valence-corrected chi connectivity index (χ1v) is 10.6. The van der Waals surface area contributed by atoms with Crippen LogP contribution in [0.25, 0.3) is 10.9 Å². The van der Waals surface area contributed by atoms with Crippen LogP contribution >= 0.6 is 0 Å². The van der Waals surface area contributed by atoms with E-state index in [0.29, 0.717) is 34.3 Å². The second-order valence-corrected chi connectivity index (χ2v) is 8.07. The third-order valence-corrected chi connectivity index (χ3v) is 5.79. The minimum Gasteiger partial charge on any atom is -0.454 e. The molecule has 4 aromatic rings. The molecule has 0 spiro atoms. The van der Waals surface area contributed by atoms with E-state index in [9.17, 15) is 14.4 Å². The number of carbonyl (C=O) groups is 2. The average Bonchev–Trinajstić information content (AvgIpc) is 2.83. The number of rotatable bonds is 4. The summed E-state index contributed by atoms with van der Waals surface area (Å²) in [6.07, 6.45) is 0.108. The molecule has 1 aliphatic heterocycles. The van der Waals surface area contributed by atoms with E-state index in [2.05, 4.69) is 9.97 Å².